The third-order valence-corrected chi connectivity index (χ3v) is 8.86. The number of aromatic hydroxyl groups is 2. The molecule has 0 aliphatic carbocycles. The van der Waals surface area contributed by atoms with Crippen molar-refractivity contribution in [2.75, 3.05) is 0 Å². The summed E-state index contributed by atoms with van der Waals surface area (Å²) >= 11 is 0. The normalized spacial score (nSPS) is 11.0. The van der Waals surface area contributed by atoms with Gasteiger partial charge in [-0.2, -0.15) is 0 Å². The molecule has 0 fully saturated rings. The number of phenolic OH excluding ortho intramolecular Hbond substituents is 2. The van der Waals surface area contributed by atoms with Crippen molar-refractivity contribution in [3.8, 4) is 56.0 Å². The number of phenols is 2. The molecule has 0 aliphatic heterocycles. The van der Waals surface area contributed by atoms with Crippen LogP contribution in [-0.2, 0) is 12.8 Å². The summed E-state index contributed by atoms with van der Waals surface area (Å²) < 4.78 is 0. The van der Waals surface area contributed by atoms with E-state index in [9.17, 15) is 10.2 Å². The van der Waals surface area contributed by atoms with Gasteiger partial charge in [0, 0.05) is 22.3 Å². The number of hydrogen-bond acceptors (Lipinski definition) is 2. The summed E-state index contributed by atoms with van der Waals surface area (Å²) in [5.41, 5.74) is 10.3. The van der Waals surface area contributed by atoms with Crippen LogP contribution in [0.3, 0.4) is 0 Å². The molecule has 230 valence electrons. The molecule has 2 N–H and O–H groups in total. The zero-order valence-electron chi connectivity index (χ0n) is 26.4. The summed E-state index contributed by atoms with van der Waals surface area (Å²) in [7, 11) is 0. The lowest BCUT2D eigenvalue weighted by molar-refractivity contribution is 0.478. The predicted molar refractivity (Wildman–Crippen MR) is 193 cm³/mol. The zero-order valence-corrected chi connectivity index (χ0v) is 26.4. The largest absolute Gasteiger partial charge is 0.507 e. The van der Waals surface area contributed by atoms with Gasteiger partial charge in [-0.25, -0.2) is 0 Å². The van der Waals surface area contributed by atoms with Gasteiger partial charge in [-0.3, -0.25) is 0 Å². The molecule has 0 amide bonds. The highest BCUT2D eigenvalue weighted by Crippen LogP contribution is 2.41. The quantitative estimate of drug-likeness (QED) is 0.129. The van der Waals surface area contributed by atoms with Gasteiger partial charge in [0.2, 0.25) is 0 Å². The molecule has 6 rings (SSSR count). The number of aryl methyl sites for hydroxylation is 2. The summed E-state index contributed by atoms with van der Waals surface area (Å²) in [4.78, 5) is 0. The Morgan fingerprint density at radius 2 is 0.543 bits per heavy atom. The molecule has 0 heterocycles. The molecular weight excluding hydrogens is 560 g/mol. The second kappa shape index (κ2) is 15.3. The Kier molecular flexibility index (Phi) is 10.3. The second-order valence-corrected chi connectivity index (χ2v) is 12.2. The molecule has 2 heteroatoms. The van der Waals surface area contributed by atoms with Crippen LogP contribution in [-0.4, -0.2) is 10.2 Å². The Morgan fingerprint density at radius 3 is 0.804 bits per heavy atom. The highest BCUT2D eigenvalue weighted by Gasteiger charge is 2.15. The van der Waals surface area contributed by atoms with E-state index >= 15 is 0 Å². The molecule has 2 nitrogen and oxygen atoms in total. The van der Waals surface area contributed by atoms with Crippen molar-refractivity contribution in [3.05, 3.63) is 157 Å². The van der Waals surface area contributed by atoms with Gasteiger partial charge >= 0.3 is 0 Å². The first-order valence-corrected chi connectivity index (χ1v) is 16.6. The molecule has 6 aromatic carbocycles. The molecule has 0 atom stereocenters. The first kappa shape index (κ1) is 30.9. The summed E-state index contributed by atoms with van der Waals surface area (Å²) in [6, 6.07) is 49.4. The van der Waals surface area contributed by atoms with Crippen LogP contribution in [0.4, 0.5) is 0 Å². The van der Waals surface area contributed by atoms with Gasteiger partial charge in [0.1, 0.15) is 11.5 Å². The molecule has 46 heavy (non-hydrogen) atoms. The Labute approximate surface area is 273 Å². The molecule has 6 aromatic rings. The average Bonchev–Trinajstić information content (AvgIpc) is 3.12. The van der Waals surface area contributed by atoms with Gasteiger partial charge in [0.05, 0.1) is 0 Å². The van der Waals surface area contributed by atoms with Crippen molar-refractivity contribution in [3.63, 3.8) is 0 Å². The zero-order chi connectivity index (χ0) is 31.6. The fourth-order valence-electron chi connectivity index (χ4n) is 6.39. The third kappa shape index (κ3) is 7.58. The maximum Gasteiger partial charge on any atom is 0.131 e. The number of benzene rings is 6. The fourth-order valence-corrected chi connectivity index (χ4v) is 6.39. The molecule has 0 aliphatic rings. The van der Waals surface area contributed by atoms with E-state index in [1.165, 1.54) is 36.8 Å². The summed E-state index contributed by atoms with van der Waals surface area (Å²) in [5.74, 6) is 0.697. The Morgan fingerprint density at radius 1 is 0.304 bits per heavy atom. The minimum Gasteiger partial charge on any atom is -0.507 e. The molecule has 0 saturated carbocycles. The lowest BCUT2D eigenvalue weighted by atomic mass is 9.92. The van der Waals surface area contributed by atoms with Gasteiger partial charge in [0.15, 0.2) is 0 Å². The van der Waals surface area contributed by atoms with E-state index in [1.807, 2.05) is 72.8 Å². The Balaban J connectivity index is 1.05. The summed E-state index contributed by atoms with van der Waals surface area (Å²) in [5, 5.41) is 22.5. The molecule has 0 unspecified atom stereocenters. The van der Waals surface area contributed by atoms with Gasteiger partial charge in [-0.1, -0.05) is 147 Å². The molecule has 0 saturated heterocycles. The topological polar surface area (TPSA) is 40.5 Å². The van der Waals surface area contributed by atoms with Crippen LogP contribution < -0.4 is 0 Å². The maximum atomic E-state index is 11.2. The van der Waals surface area contributed by atoms with Crippen molar-refractivity contribution < 1.29 is 10.2 Å². The van der Waals surface area contributed by atoms with Crippen LogP contribution in [0.15, 0.2) is 146 Å². The van der Waals surface area contributed by atoms with E-state index in [4.69, 9.17) is 0 Å². The lowest BCUT2D eigenvalue weighted by Gasteiger charge is -2.14. The number of unbranched alkanes of at least 4 members (excludes halogenated alkanes) is 5. The van der Waals surface area contributed by atoms with Crippen molar-refractivity contribution in [1.82, 2.24) is 0 Å². The van der Waals surface area contributed by atoms with Crippen LogP contribution in [0.1, 0.15) is 49.7 Å². The van der Waals surface area contributed by atoms with E-state index in [2.05, 4.69) is 72.8 Å². The predicted octanol–water partition coefficient (Wildman–Crippen LogP) is 11.9. The van der Waals surface area contributed by atoms with Crippen molar-refractivity contribution in [2.45, 2.75) is 51.4 Å². The SMILES string of the molecule is Oc1c(-c2ccccc2)cc(CCCCCCCCc2cc(-c3ccccc3)c(O)c(-c3ccccc3)c2)cc1-c1ccccc1. The molecule has 0 bridgehead atoms. The average molecular weight is 603 g/mol. The van der Waals surface area contributed by atoms with E-state index in [0.717, 1.165) is 70.2 Å². The number of rotatable bonds is 13. The summed E-state index contributed by atoms with van der Waals surface area (Å²) in [6.07, 6.45) is 9.08. The highest BCUT2D eigenvalue weighted by atomic mass is 16.3. The summed E-state index contributed by atoms with van der Waals surface area (Å²) in [6.45, 7) is 0. The van der Waals surface area contributed by atoms with Crippen LogP contribution in [0.25, 0.3) is 44.5 Å². The fraction of sp³-hybridized carbons (Fsp3) is 0.182. The van der Waals surface area contributed by atoms with Crippen LogP contribution >= 0.6 is 0 Å². The molecule has 0 spiro atoms. The third-order valence-electron chi connectivity index (χ3n) is 8.86. The smallest absolute Gasteiger partial charge is 0.131 e. The molecule has 0 radical (unpaired) electrons. The minimum absolute atomic E-state index is 0.349. The van der Waals surface area contributed by atoms with Crippen molar-refractivity contribution in [1.29, 1.82) is 0 Å². The van der Waals surface area contributed by atoms with Crippen LogP contribution in [0.2, 0.25) is 0 Å². The molecule has 0 aromatic heterocycles. The Bertz CT molecular complexity index is 1570. The van der Waals surface area contributed by atoms with Gasteiger partial charge < -0.3 is 10.2 Å². The maximum absolute atomic E-state index is 11.2. The first-order valence-electron chi connectivity index (χ1n) is 16.6. The Hall–Kier alpha value is -5.08. The van der Waals surface area contributed by atoms with E-state index in [0.29, 0.717) is 11.5 Å². The first-order chi connectivity index (χ1) is 22.7. The van der Waals surface area contributed by atoms with Crippen molar-refractivity contribution in [2.24, 2.45) is 0 Å². The van der Waals surface area contributed by atoms with Crippen molar-refractivity contribution >= 4 is 0 Å². The highest BCUT2D eigenvalue weighted by molar-refractivity contribution is 5.84. The standard InChI is InChI=1S/C44H42O2/c45-43-39(35-21-11-5-12-22-35)29-33(30-40(43)36-23-13-6-14-24-36)19-9-3-1-2-4-10-20-34-31-41(37-25-15-7-16-26-37)44(46)42(32-34)38-27-17-8-18-28-38/h5-8,11-18,21-32,45-46H,1-4,9-10,19-20H2. The van der Waals surface area contributed by atoms with Crippen LogP contribution in [0.5, 0.6) is 11.5 Å². The van der Waals surface area contributed by atoms with Gasteiger partial charge in [-0.15, -0.1) is 0 Å². The van der Waals surface area contributed by atoms with E-state index < -0.39 is 0 Å². The number of hydrogen-bond donors (Lipinski definition) is 2. The minimum atomic E-state index is 0.349. The second-order valence-electron chi connectivity index (χ2n) is 12.2. The monoisotopic (exact) mass is 602 g/mol. The van der Waals surface area contributed by atoms with Crippen LogP contribution in [0, 0.1) is 0 Å². The van der Waals surface area contributed by atoms with Gasteiger partial charge in [0.25, 0.3) is 0 Å². The lowest BCUT2D eigenvalue weighted by Crippen LogP contribution is -1.93. The molecular formula is C44H42O2. The van der Waals surface area contributed by atoms with Gasteiger partial charge in [-0.05, 0) is 83.3 Å². The van der Waals surface area contributed by atoms with E-state index in [1.54, 1.807) is 0 Å². The van der Waals surface area contributed by atoms with E-state index in [-0.39, 0.29) is 0 Å².